The number of hydrogen-bond acceptors (Lipinski definition) is 4. The van der Waals surface area contributed by atoms with E-state index in [2.05, 4.69) is 5.10 Å². The summed E-state index contributed by atoms with van der Waals surface area (Å²) in [5.41, 5.74) is 5.05. The summed E-state index contributed by atoms with van der Waals surface area (Å²) in [7, 11) is 0. The number of amides is 2. The van der Waals surface area contributed by atoms with Crippen molar-refractivity contribution in [1.29, 1.82) is 0 Å². The van der Waals surface area contributed by atoms with Crippen LogP contribution in [-0.4, -0.2) is 44.3 Å². The molecule has 0 unspecified atom stereocenters. The Morgan fingerprint density at radius 1 is 0.857 bits per heavy atom. The van der Waals surface area contributed by atoms with Gasteiger partial charge in [-0.3, -0.25) is 14.5 Å². The van der Waals surface area contributed by atoms with Gasteiger partial charge in [-0.15, -0.1) is 0 Å². The smallest absolute Gasteiger partial charge is 0.284 e. The van der Waals surface area contributed by atoms with Crippen molar-refractivity contribution < 1.29 is 14.7 Å². The lowest BCUT2D eigenvalue weighted by molar-refractivity contribution is 0.0544. The average Bonchev–Trinajstić information content (AvgIpc) is 3.34. The highest BCUT2D eigenvalue weighted by Crippen LogP contribution is 2.32. The Kier molecular flexibility index (Phi) is 7.61. The number of anilines is 2. The molecule has 1 aliphatic heterocycles. The predicted molar refractivity (Wildman–Crippen MR) is 164 cm³/mol. The zero-order valence-electron chi connectivity index (χ0n) is 23.0. The van der Waals surface area contributed by atoms with Gasteiger partial charge in [-0.2, -0.15) is 5.10 Å². The first-order valence-corrected chi connectivity index (χ1v) is 14.1. The third kappa shape index (κ3) is 4.98. The summed E-state index contributed by atoms with van der Waals surface area (Å²) in [5, 5.41) is 15.1. The molecule has 0 fully saturated rings. The second-order valence-corrected chi connectivity index (χ2v) is 10.6. The maximum atomic E-state index is 14.1. The molecule has 210 valence electrons. The maximum Gasteiger partial charge on any atom is 0.284 e. The van der Waals surface area contributed by atoms with E-state index in [1.807, 2.05) is 91.0 Å². The van der Waals surface area contributed by atoms with Crippen LogP contribution in [0.5, 0.6) is 0 Å². The lowest BCUT2D eigenvalue weighted by Gasteiger charge is -2.36. The Morgan fingerprint density at radius 3 is 2.07 bits per heavy atom. The van der Waals surface area contributed by atoms with E-state index in [1.54, 1.807) is 39.6 Å². The van der Waals surface area contributed by atoms with Gasteiger partial charge in [0.05, 0.1) is 34.6 Å². The SMILES string of the molecule is Cc1c(Cl)c(C(=O)N(c2ccccc2)c2ccccc2)nn1-c1ccccc1C(=O)N1Cc2ccccc2C[C@H]1CO. The first-order valence-electron chi connectivity index (χ1n) is 13.8. The highest BCUT2D eigenvalue weighted by Gasteiger charge is 2.32. The molecule has 42 heavy (non-hydrogen) atoms. The van der Waals surface area contributed by atoms with Gasteiger partial charge in [0.15, 0.2) is 5.69 Å². The lowest BCUT2D eigenvalue weighted by atomic mass is 9.93. The molecule has 0 bridgehead atoms. The van der Waals surface area contributed by atoms with Crippen LogP contribution in [0.25, 0.3) is 5.69 Å². The number of hydrogen-bond donors (Lipinski definition) is 1. The molecule has 0 saturated carbocycles. The number of carbonyl (C=O) groups excluding carboxylic acids is 2. The zero-order chi connectivity index (χ0) is 29.2. The fourth-order valence-corrected chi connectivity index (χ4v) is 5.68. The fourth-order valence-electron chi connectivity index (χ4n) is 5.48. The van der Waals surface area contributed by atoms with Gasteiger partial charge in [0.25, 0.3) is 11.8 Å². The van der Waals surface area contributed by atoms with Crippen LogP contribution in [0.3, 0.4) is 0 Å². The van der Waals surface area contributed by atoms with Gasteiger partial charge < -0.3 is 10.0 Å². The van der Waals surface area contributed by atoms with Gasteiger partial charge in [-0.25, -0.2) is 4.68 Å². The van der Waals surface area contributed by atoms with E-state index in [4.69, 9.17) is 11.6 Å². The largest absolute Gasteiger partial charge is 0.394 e. The van der Waals surface area contributed by atoms with Crippen LogP contribution in [0.15, 0.2) is 109 Å². The third-order valence-corrected chi connectivity index (χ3v) is 8.12. The zero-order valence-corrected chi connectivity index (χ0v) is 23.8. The molecule has 7 nitrogen and oxygen atoms in total. The summed E-state index contributed by atoms with van der Waals surface area (Å²) >= 11 is 6.80. The van der Waals surface area contributed by atoms with Gasteiger partial charge in [0.2, 0.25) is 0 Å². The monoisotopic (exact) mass is 576 g/mol. The molecule has 0 aliphatic carbocycles. The van der Waals surface area contributed by atoms with E-state index in [9.17, 15) is 14.7 Å². The van der Waals surface area contributed by atoms with Crippen LogP contribution >= 0.6 is 11.6 Å². The number of benzene rings is 4. The number of aromatic nitrogens is 2. The van der Waals surface area contributed by atoms with Crippen LogP contribution in [0, 0.1) is 6.92 Å². The number of nitrogens with zero attached hydrogens (tertiary/aromatic N) is 4. The number of halogens is 1. The Labute approximate surface area is 249 Å². The minimum absolute atomic E-state index is 0.0734. The standard InChI is InChI=1S/C34H29ClN4O3/c1-23-31(35)32(34(42)38(26-14-4-2-5-15-26)27-16-6-3-7-17-27)36-39(23)30-19-11-10-18-29(30)33(41)37-21-25-13-9-8-12-24(25)20-28(37)22-40/h2-19,28,40H,20-22H2,1H3/t28-/m0/s1. The van der Waals surface area contributed by atoms with Crippen molar-refractivity contribution in [1.82, 2.24) is 14.7 Å². The van der Waals surface area contributed by atoms with E-state index in [1.165, 1.54) is 0 Å². The normalized spacial score (nSPS) is 14.4. The van der Waals surface area contributed by atoms with E-state index >= 15 is 0 Å². The van der Waals surface area contributed by atoms with Crippen molar-refractivity contribution in [3.63, 3.8) is 0 Å². The topological polar surface area (TPSA) is 78.7 Å². The molecule has 4 aromatic carbocycles. The average molecular weight is 577 g/mol. The minimum Gasteiger partial charge on any atom is -0.394 e. The maximum absolute atomic E-state index is 14.1. The molecule has 1 aliphatic rings. The predicted octanol–water partition coefficient (Wildman–Crippen LogP) is 6.37. The van der Waals surface area contributed by atoms with Crippen molar-refractivity contribution in [2.75, 3.05) is 11.5 Å². The van der Waals surface area contributed by atoms with E-state index < -0.39 is 5.91 Å². The first kappa shape index (κ1) is 27.4. The van der Waals surface area contributed by atoms with Gasteiger partial charge >= 0.3 is 0 Å². The summed E-state index contributed by atoms with van der Waals surface area (Å²) in [6.07, 6.45) is 0.570. The second-order valence-electron chi connectivity index (χ2n) is 10.2. The van der Waals surface area contributed by atoms with Crippen LogP contribution in [0.1, 0.15) is 37.7 Å². The first-order chi connectivity index (χ1) is 20.5. The molecule has 2 amide bonds. The van der Waals surface area contributed by atoms with Crippen LogP contribution in [0.2, 0.25) is 5.02 Å². The second kappa shape index (κ2) is 11.6. The Balaban J connectivity index is 1.40. The summed E-state index contributed by atoms with van der Waals surface area (Å²) in [6.45, 7) is 2.01. The molecular weight excluding hydrogens is 548 g/mol. The highest BCUT2D eigenvalue weighted by atomic mass is 35.5. The molecule has 6 rings (SSSR count). The Hall–Kier alpha value is -4.72. The number of carbonyl (C=O) groups is 2. The third-order valence-electron chi connectivity index (χ3n) is 7.67. The minimum atomic E-state index is -0.393. The van der Waals surface area contributed by atoms with Crippen molar-refractivity contribution in [2.45, 2.75) is 25.9 Å². The fraction of sp³-hybridized carbons (Fsp3) is 0.147. The molecule has 0 saturated heterocycles. The van der Waals surface area contributed by atoms with Gasteiger partial charge in [-0.1, -0.05) is 84.4 Å². The molecule has 1 atom stereocenters. The molecule has 2 heterocycles. The molecule has 0 radical (unpaired) electrons. The molecule has 1 N–H and O–H groups in total. The van der Waals surface area contributed by atoms with Crippen molar-refractivity contribution in [3.05, 3.63) is 142 Å². The van der Waals surface area contributed by atoms with Crippen LogP contribution in [-0.2, 0) is 13.0 Å². The molecule has 0 spiro atoms. The molecule has 8 heteroatoms. The van der Waals surface area contributed by atoms with Gasteiger partial charge in [-0.05, 0) is 60.9 Å². The van der Waals surface area contributed by atoms with Crippen molar-refractivity contribution >= 4 is 34.8 Å². The molecule has 5 aromatic rings. The number of fused-ring (bicyclic) bond motifs is 1. The summed E-state index contributed by atoms with van der Waals surface area (Å²) < 4.78 is 1.56. The summed E-state index contributed by atoms with van der Waals surface area (Å²) in [5.74, 6) is -0.621. The molecule has 1 aromatic heterocycles. The van der Waals surface area contributed by atoms with Gasteiger partial charge in [0.1, 0.15) is 0 Å². The Morgan fingerprint density at radius 2 is 1.43 bits per heavy atom. The van der Waals surface area contributed by atoms with E-state index in [-0.39, 0.29) is 29.3 Å². The van der Waals surface area contributed by atoms with Crippen LogP contribution in [0.4, 0.5) is 11.4 Å². The summed E-state index contributed by atoms with van der Waals surface area (Å²) in [4.78, 5) is 31.4. The van der Waals surface area contributed by atoms with Crippen molar-refractivity contribution in [3.8, 4) is 5.69 Å². The number of aliphatic hydroxyl groups excluding tert-OH is 1. The summed E-state index contributed by atoms with van der Waals surface area (Å²) in [6, 6.07) is 33.4. The number of rotatable bonds is 6. The van der Waals surface area contributed by atoms with Crippen molar-refractivity contribution in [2.24, 2.45) is 0 Å². The Bertz CT molecular complexity index is 1710. The highest BCUT2D eigenvalue weighted by molar-refractivity contribution is 6.35. The van der Waals surface area contributed by atoms with E-state index in [0.717, 1.165) is 11.1 Å². The number of para-hydroxylation sites is 3. The van der Waals surface area contributed by atoms with Gasteiger partial charge in [0, 0.05) is 17.9 Å². The molecular formula is C34H29ClN4O3. The number of aliphatic hydroxyl groups is 1. The lowest BCUT2D eigenvalue weighted by Crippen LogP contribution is -2.46. The van der Waals surface area contributed by atoms with E-state index in [0.29, 0.717) is 41.3 Å². The van der Waals surface area contributed by atoms with Crippen LogP contribution < -0.4 is 4.90 Å². The quantitative estimate of drug-likeness (QED) is 0.255.